The predicted octanol–water partition coefficient (Wildman–Crippen LogP) is 2.04. The van der Waals surface area contributed by atoms with E-state index in [-0.39, 0.29) is 5.41 Å². The molecule has 0 aromatic carbocycles. The Kier molecular flexibility index (Phi) is 2.65. The van der Waals surface area contributed by atoms with Gasteiger partial charge in [-0.2, -0.15) is 0 Å². The number of terminal acetylenes is 1. The van der Waals surface area contributed by atoms with Crippen molar-refractivity contribution in [2.45, 2.75) is 20.8 Å². The van der Waals surface area contributed by atoms with Gasteiger partial charge in [-0.15, -0.1) is 13.0 Å². The summed E-state index contributed by atoms with van der Waals surface area (Å²) in [7, 11) is 0. The minimum atomic E-state index is -0.741. The number of aldehydes is 1. The van der Waals surface area contributed by atoms with Gasteiger partial charge in [0.05, 0.1) is 5.41 Å². The number of rotatable bonds is 3. The Bertz CT molecular complexity index is 207. The third-order valence-corrected chi connectivity index (χ3v) is 2.38. The largest absolute Gasteiger partial charge is 0.302 e. The van der Waals surface area contributed by atoms with Crippen LogP contribution in [-0.4, -0.2) is 6.29 Å². The average molecular weight is 150 g/mol. The van der Waals surface area contributed by atoms with Crippen molar-refractivity contribution < 1.29 is 4.79 Å². The van der Waals surface area contributed by atoms with Crippen molar-refractivity contribution in [3.05, 3.63) is 12.7 Å². The molecule has 60 valence electrons. The zero-order valence-electron chi connectivity index (χ0n) is 7.35. The predicted molar refractivity (Wildman–Crippen MR) is 47.0 cm³/mol. The van der Waals surface area contributed by atoms with Gasteiger partial charge in [-0.1, -0.05) is 25.8 Å². The zero-order valence-corrected chi connectivity index (χ0v) is 7.35. The molecule has 0 rings (SSSR count). The Hall–Kier alpha value is -1.03. The van der Waals surface area contributed by atoms with E-state index in [1.165, 1.54) is 0 Å². The van der Waals surface area contributed by atoms with Crippen LogP contribution in [0, 0.1) is 23.2 Å². The van der Waals surface area contributed by atoms with Crippen LogP contribution in [0.2, 0.25) is 0 Å². The molecule has 0 radical (unpaired) electrons. The SMILES string of the molecule is C#CC(C)(C=O)C(C)(C)C=C. The number of hydrogen-bond donors (Lipinski definition) is 0. The quantitative estimate of drug-likeness (QED) is 0.342. The van der Waals surface area contributed by atoms with Crippen molar-refractivity contribution in [1.82, 2.24) is 0 Å². The molecule has 1 atom stereocenters. The molecular weight excluding hydrogens is 136 g/mol. The average Bonchev–Trinajstić information content (AvgIpc) is 2.02. The van der Waals surface area contributed by atoms with Crippen LogP contribution in [0.25, 0.3) is 0 Å². The van der Waals surface area contributed by atoms with Crippen molar-refractivity contribution >= 4 is 6.29 Å². The van der Waals surface area contributed by atoms with Crippen LogP contribution in [0.3, 0.4) is 0 Å². The zero-order chi connectivity index (χ0) is 9.12. The molecule has 11 heavy (non-hydrogen) atoms. The standard InChI is InChI=1S/C10H14O/c1-6-9(3,4)10(5,7-2)8-11/h2,6,8H,1H2,3-5H3. The summed E-state index contributed by atoms with van der Waals surface area (Å²) in [5, 5.41) is 0. The van der Waals surface area contributed by atoms with E-state index in [1.54, 1.807) is 13.0 Å². The second-order valence-electron chi connectivity index (χ2n) is 3.39. The normalized spacial score (nSPS) is 16.2. The molecule has 0 spiro atoms. The van der Waals surface area contributed by atoms with Crippen molar-refractivity contribution in [1.29, 1.82) is 0 Å². The van der Waals surface area contributed by atoms with E-state index in [0.717, 1.165) is 6.29 Å². The first kappa shape index (κ1) is 9.97. The van der Waals surface area contributed by atoms with Crippen LogP contribution in [-0.2, 0) is 4.79 Å². The first-order chi connectivity index (χ1) is 4.93. The molecule has 0 amide bonds. The molecule has 0 fully saturated rings. The lowest BCUT2D eigenvalue weighted by Gasteiger charge is -2.32. The van der Waals surface area contributed by atoms with Gasteiger partial charge in [0.1, 0.15) is 6.29 Å². The van der Waals surface area contributed by atoms with Gasteiger partial charge >= 0.3 is 0 Å². The molecule has 0 saturated heterocycles. The molecule has 0 bridgehead atoms. The number of carbonyl (C=O) groups excluding carboxylic acids is 1. The number of carbonyl (C=O) groups is 1. The van der Waals surface area contributed by atoms with E-state index in [4.69, 9.17) is 6.42 Å². The van der Waals surface area contributed by atoms with Crippen LogP contribution in [0.4, 0.5) is 0 Å². The number of hydrogen-bond acceptors (Lipinski definition) is 1. The summed E-state index contributed by atoms with van der Waals surface area (Å²) in [6, 6.07) is 0. The molecule has 0 aromatic rings. The van der Waals surface area contributed by atoms with Gasteiger partial charge in [0.25, 0.3) is 0 Å². The summed E-state index contributed by atoms with van der Waals surface area (Å²) in [4.78, 5) is 10.7. The van der Waals surface area contributed by atoms with Crippen molar-refractivity contribution in [3.8, 4) is 12.3 Å². The fourth-order valence-electron chi connectivity index (χ4n) is 0.584. The molecule has 0 saturated carbocycles. The lowest BCUT2D eigenvalue weighted by atomic mass is 9.68. The van der Waals surface area contributed by atoms with Gasteiger partial charge < -0.3 is 4.79 Å². The second-order valence-corrected chi connectivity index (χ2v) is 3.39. The van der Waals surface area contributed by atoms with Gasteiger partial charge in [-0.05, 0) is 6.92 Å². The smallest absolute Gasteiger partial charge is 0.138 e. The van der Waals surface area contributed by atoms with Crippen LogP contribution >= 0.6 is 0 Å². The van der Waals surface area contributed by atoms with Crippen molar-refractivity contribution in [2.75, 3.05) is 0 Å². The van der Waals surface area contributed by atoms with Gasteiger partial charge in [-0.25, -0.2) is 0 Å². The van der Waals surface area contributed by atoms with Crippen molar-refractivity contribution in [2.24, 2.45) is 10.8 Å². The molecular formula is C10H14O. The third kappa shape index (κ3) is 1.51. The van der Waals surface area contributed by atoms with E-state index in [2.05, 4.69) is 12.5 Å². The monoisotopic (exact) mass is 150 g/mol. The summed E-state index contributed by atoms with van der Waals surface area (Å²) in [5.74, 6) is 2.48. The minimum Gasteiger partial charge on any atom is -0.302 e. The van der Waals surface area contributed by atoms with Crippen molar-refractivity contribution in [3.63, 3.8) is 0 Å². The Morgan fingerprint density at radius 1 is 1.45 bits per heavy atom. The van der Waals surface area contributed by atoms with Crippen LogP contribution < -0.4 is 0 Å². The lowest BCUT2D eigenvalue weighted by Crippen LogP contribution is -2.33. The maximum Gasteiger partial charge on any atom is 0.138 e. The molecule has 0 heterocycles. The fraction of sp³-hybridized carbons (Fsp3) is 0.500. The van der Waals surface area contributed by atoms with Gasteiger partial charge in [0.15, 0.2) is 0 Å². The van der Waals surface area contributed by atoms with Crippen LogP contribution in [0.1, 0.15) is 20.8 Å². The van der Waals surface area contributed by atoms with Gasteiger partial charge in [-0.3, -0.25) is 0 Å². The van der Waals surface area contributed by atoms with Gasteiger partial charge in [0, 0.05) is 5.41 Å². The topological polar surface area (TPSA) is 17.1 Å². The van der Waals surface area contributed by atoms with E-state index in [0.29, 0.717) is 0 Å². The highest BCUT2D eigenvalue weighted by molar-refractivity contribution is 5.66. The minimum absolute atomic E-state index is 0.344. The Morgan fingerprint density at radius 3 is 2.00 bits per heavy atom. The summed E-state index contributed by atoms with van der Waals surface area (Å²) < 4.78 is 0. The summed E-state index contributed by atoms with van der Waals surface area (Å²) in [5.41, 5.74) is -1.09. The Labute approximate surface area is 68.5 Å². The van der Waals surface area contributed by atoms with E-state index in [9.17, 15) is 4.79 Å². The summed E-state index contributed by atoms with van der Waals surface area (Å²) >= 11 is 0. The molecule has 0 N–H and O–H groups in total. The van der Waals surface area contributed by atoms with E-state index < -0.39 is 5.41 Å². The highest BCUT2D eigenvalue weighted by Gasteiger charge is 2.36. The molecule has 0 aromatic heterocycles. The highest BCUT2D eigenvalue weighted by Crippen LogP contribution is 2.37. The van der Waals surface area contributed by atoms with Crippen LogP contribution in [0.5, 0.6) is 0 Å². The number of allylic oxidation sites excluding steroid dienone is 1. The maximum absolute atomic E-state index is 10.7. The van der Waals surface area contributed by atoms with E-state index in [1.807, 2.05) is 13.8 Å². The second kappa shape index (κ2) is 2.92. The van der Waals surface area contributed by atoms with Gasteiger partial charge in [0.2, 0.25) is 0 Å². The third-order valence-electron chi connectivity index (χ3n) is 2.38. The lowest BCUT2D eigenvalue weighted by molar-refractivity contribution is -0.116. The summed E-state index contributed by atoms with van der Waals surface area (Å²) in [6.07, 6.45) is 7.76. The molecule has 1 heteroatoms. The fourth-order valence-corrected chi connectivity index (χ4v) is 0.584. The first-order valence-corrected chi connectivity index (χ1v) is 3.51. The first-order valence-electron chi connectivity index (χ1n) is 3.51. The van der Waals surface area contributed by atoms with Crippen LogP contribution in [0.15, 0.2) is 12.7 Å². The maximum atomic E-state index is 10.7. The summed E-state index contributed by atoms with van der Waals surface area (Å²) in [6.45, 7) is 9.17. The Morgan fingerprint density at radius 2 is 1.91 bits per heavy atom. The molecule has 1 nitrogen and oxygen atoms in total. The highest BCUT2D eigenvalue weighted by atomic mass is 16.1. The van der Waals surface area contributed by atoms with E-state index >= 15 is 0 Å². The molecule has 0 aliphatic heterocycles. The molecule has 1 unspecified atom stereocenters. The Balaban J connectivity index is 4.95. The molecule has 0 aliphatic rings. The molecule has 0 aliphatic carbocycles.